The molecule has 0 aromatic carbocycles. The number of hydrogen-bond acceptors (Lipinski definition) is 5. The Labute approximate surface area is 92.0 Å². The molecule has 1 atom stereocenters. The largest absolute Gasteiger partial charge is 0.219 e. The van der Waals surface area contributed by atoms with Gasteiger partial charge in [-0.3, -0.25) is 0 Å². The maximum absolute atomic E-state index is 5.71. The van der Waals surface area contributed by atoms with E-state index in [-0.39, 0.29) is 4.99 Å². The van der Waals surface area contributed by atoms with E-state index in [9.17, 15) is 0 Å². The van der Waals surface area contributed by atoms with Gasteiger partial charge in [-0.15, -0.1) is 40.1 Å². The first-order chi connectivity index (χ1) is 6.25. The van der Waals surface area contributed by atoms with Gasteiger partial charge in [0.25, 0.3) is 0 Å². The molecule has 0 amide bonds. The third kappa shape index (κ3) is 2.62. The summed E-state index contributed by atoms with van der Waals surface area (Å²) in [5, 5.41) is 9.76. The zero-order valence-corrected chi connectivity index (χ0v) is 9.66. The number of nitrogens with one attached hydrogen (secondary N) is 1. The predicted octanol–water partition coefficient (Wildman–Crippen LogP) is 2.06. The Bertz CT molecular complexity index is 191. The van der Waals surface area contributed by atoms with E-state index in [4.69, 9.17) is 23.2 Å². The molecular formula is C6H12Cl2N4S. The molecule has 0 fully saturated rings. The van der Waals surface area contributed by atoms with Gasteiger partial charge in [-0.2, -0.15) is 5.01 Å². The molecule has 7 heteroatoms. The van der Waals surface area contributed by atoms with E-state index in [1.807, 2.05) is 12.1 Å². The molecule has 0 saturated carbocycles. The molecule has 0 spiro atoms. The Morgan fingerprint density at radius 3 is 2.69 bits per heavy atom. The highest BCUT2D eigenvalue weighted by Gasteiger charge is 2.38. The molecular weight excluding hydrogens is 231 g/mol. The highest BCUT2D eigenvalue weighted by atomic mass is 35.5. The maximum atomic E-state index is 5.71. The van der Waals surface area contributed by atoms with Crippen LogP contribution < -0.4 is 5.53 Å². The van der Waals surface area contributed by atoms with Crippen LogP contribution in [-0.2, 0) is 0 Å². The summed E-state index contributed by atoms with van der Waals surface area (Å²) >= 11 is 13.0. The number of rotatable bonds is 5. The fourth-order valence-electron chi connectivity index (χ4n) is 1.05. The van der Waals surface area contributed by atoms with Crippen LogP contribution in [0.15, 0.2) is 10.3 Å². The third-order valence-corrected chi connectivity index (χ3v) is 3.79. The third-order valence-electron chi connectivity index (χ3n) is 1.76. The van der Waals surface area contributed by atoms with Crippen molar-refractivity contribution in [2.24, 2.45) is 10.3 Å². The van der Waals surface area contributed by atoms with Gasteiger partial charge in [0.2, 0.25) is 4.99 Å². The summed E-state index contributed by atoms with van der Waals surface area (Å²) in [5.41, 5.74) is 2.77. The van der Waals surface area contributed by atoms with Crippen LogP contribution in [0.4, 0.5) is 0 Å². The molecule has 1 unspecified atom stereocenters. The first kappa shape index (κ1) is 11.4. The van der Waals surface area contributed by atoms with Crippen molar-refractivity contribution in [2.45, 2.75) is 11.4 Å². The van der Waals surface area contributed by atoms with Gasteiger partial charge in [0.1, 0.15) is 0 Å². The number of nitrogens with zero attached hydrogens (tertiary/aromatic N) is 3. The average Bonchev–Trinajstić information content (AvgIpc) is 2.46. The minimum atomic E-state index is -0.364. The van der Waals surface area contributed by atoms with Crippen LogP contribution in [0, 0.1) is 0 Å². The summed E-state index contributed by atoms with van der Waals surface area (Å²) in [6.45, 7) is 0. The number of halogens is 2. The van der Waals surface area contributed by atoms with Gasteiger partial charge in [-0.25, -0.2) is 5.53 Å². The van der Waals surface area contributed by atoms with Crippen molar-refractivity contribution in [2.75, 3.05) is 24.6 Å². The van der Waals surface area contributed by atoms with Crippen molar-refractivity contribution in [1.82, 2.24) is 10.5 Å². The molecule has 0 bridgehead atoms. The van der Waals surface area contributed by atoms with Gasteiger partial charge < -0.3 is 0 Å². The average molecular weight is 243 g/mol. The van der Waals surface area contributed by atoms with Crippen molar-refractivity contribution in [3.8, 4) is 0 Å². The molecule has 0 aromatic heterocycles. The predicted molar refractivity (Wildman–Crippen MR) is 57.0 cm³/mol. The van der Waals surface area contributed by atoms with Crippen LogP contribution in [0.1, 0.15) is 6.42 Å². The zero-order chi connectivity index (χ0) is 9.73. The summed E-state index contributed by atoms with van der Waals surface area (Å²) in [6, 6.07) is 0. The van der Waals surface area contributed by atoms with Crippen LogP contribution >= 0.6 is 35.0 Å². The SMILES string of the molecule is CN1NN=NC1(CCCl)SCCCl. The molecule has 0 saturated heterocycles. The Balaban J connectivity index is 2.57. The Hall–Kier alpha value is 0.290. The number of alkyl halides is 2. The first-order valence-corrected chi connectivity index (χ1v) is 5.98. The first-order valence-electron chi connectivity index (χ1n) is 3.92. The van der Waals surface area contributed by atoms with Gasteiger partial charge in [0, 0.05) is 31.0 Å². The smallest absolute Gasteiger partial charge is 0.201 e. The molecule has 0 aromatic rings. The van der Waals surface area contributed by atoms with E-state index >= 15 is 0 Å². The van der Waals surface area contributed by atoms with Crippen LogP contribution in [0.2, 0.25) is 0 Å². The van der Waals surface area contributed by atoms with Gasteiger partial charge in [0.15, 0.2) is 0 Å². The maximum Gasteiger partial charge on any atom is 0.201 e. The van der Waals surface area contributed by atoms with E-state index < -0.39 is 0 Å². The van der Waals surface area contributed by atoms with Crippen molar-refractivity contribution >= 4 is 35.0 Å². The number of thioether (sulfide) groups is 1. The summed E-state index contributed by atoms with van der Waals surface area (Å²) in [6.07, 6.45) is 0.753. The van der Waals surface area contributed by atoms with Crippen molar-refractivity contribution in [1.29, 1.82) is 0 Å². The second-order valence-corrected chi connectivity index (χ2v) is 4.69. The van der Waals surface area contributed by atoms with E-state index in [2.05, 4.69) is 15.9 Å². The monoisotopic (exact) mass is 242 g/mol. The van der Waals surface area contributed by atoms with Crippen molar-refractivity contribution < 1.29 is 0 Å². The summed E-state index contributed by atoms with van der Waals surface area (Å²) in [7, 11) is 1.90. The van der Waals surface area contributed by atoms with Crippen molar-refractivity contribution in [3.63, 3.8) is 0 Å². The standard InChI is InChI=1S/C6H12Cl2N4S/c1-12-6(2-3-7,9-10-11-12)13-5-4-8/h2-5H2,1H3,(H,9,11). The molecule has 1 N–H and O–H groups in total. The second kappa shape index (κ2) is 5.24. The highest BCUT2D eigenvalue weighted by molar-refractivity contribution is 8.00. The molecule has 0 aliphatic carbocycles. The summed E-state index contributed by atoms with van der Waals surface area (Å²) < 4.78 is 0. The Morgan fingerprint density at radius 2 is 2.23 bits per heavy atom. The van der Waals surface area contributed by atoms with E-state index in [0.29, 0.717) is 11.8 Å². The summed E-state index contributed by atoms with van der Waals surface area (Å²) in [5.74, 6) is 2.00. The van der Waals surface area contributed by atoms with E-state index in [1.165, 1.54) is 0 Å². The molecule has 1 aliphatic heterocycles. The number of hydrogen-bond donors (Lipinski definition) is 1. The Kier molecular flexibility index (Phi) is 4.58. The van der Waals surface area contributed by atoms with E-state index in [0.717, 1.165) is 12.2 Å². The lowest BCUT2D eigenvalue weighted by atomic mass is 10.4. The molecule has 1 aliphatic rings. The lowest BCUT2D eigenvalue weighted by molar-refractivity contribution is 0.189. The fraction of sp³-hybridized carbons (Fsp3) is 1.00. The van der Waals surface area contributed by atoms with Crippen molar-refractivity contribution in [3.05, 3.63) is 0 Å². The van der Waals surface area contributed by atoms with Crippen LogP contribution in [0.25, 0.3) is 0 Å². The molecule has 4 nitrogen and oxygen atoms in total. The number of hydrazine groups is 1. The van der Waals surface area contributed by atoms with Crippen LogP contribution in [0.3, 0.4) is 0 Å². The van der Waals surface area contributed by atoms with E-state index in [1.54, 1.807) is 11.8 Å². The van der Waals surface area contributed by atoms with Crippen LogP contribution in [0.5, 0.6) is 0 Å². The normalized spacial score (nSPS) is 27.9. The lowest BCUT2D eigenvalue weighted by Crippen LogP contribution is -2.43. The fourth-order valence-corrected chi connectivity index (χ4v) is 2.64. The minimum absolute atomic E-state index is 0.364. The second-order valence-electron chi connectivity index (χ2n) is 2.58. The zero-order valence-electron chi connectivity index (χ0n) is 7.33. The topological polar surface area (TPSA) is 40.0 Å². The van der Waals surface area contributed by atoms with Gasteiger partial charge in [-0.1, -0.05) is 5.22 Å². The molecule has 0 radical (unpaired) electrons. The van der Waals surface area contributed by atoms with Gasteiger partial charge >= 0.3 is 0 Å². The lowest BCUT2D eigenvalue weighted by Gasteiger charge is -2.29. The molecule has 13 heavy (non-hydrogen) atoms. The van der Waals surface area contributed by atoms with Gasteiger partial charge in [0.05, 0.1) is 0 Å². The quantitative estimate of drug-likeness (QED) is 0.751. The Morgan fingerprint density at radius 1 is 1.46 bits per heavy atom. The minimum Gasteiger partial charge on any atom is -0.219 e. The molecule has 76 valence electrons. The molecule has 1 rings (SSSR count). The molecule has 1 heterocycles. The highest BCUT2D eigenvalue weighted by Crippen LogP contribution is 2.35. The van der Waals surface area contributed by atoms with Gasteiger partial charge in [-0.05, 0) is 0 Å². The van der Waals surface area contributed by atoms with Crippen LogP contribution in [-0.4, -0.2) is 34.6 Å². The summed E-state index contributed by atoms with van der Waals surface area (Å²) in [4.78, 5) is -0.364.